The van der Waals surface area contributed by atoms with E-state index in [0.29, 0.717) is 11.3 Å². The number of rotatable bonds is 6. The molecule has 8 heteroatoms. The Bertz CT molecular complexity index is 800. The molecule has 0 atom stereocenters. The van der Waals surface area contributed by atoms with Gasteiger partial charge in [-0.05, 0) is 29.8 Å². The summed E-state index contributed by atoms with van der Waals surface area (Å²) in [4.78, 5) is 22.9. The summed E-state index contributed by atoms with van der Waals surface area (Å²) in [5.74, 6) is -1.44. The molecule has 0 radical (unpaired) electrons. The quantitative estimate of drug-likeness (QED) is 0.395. The Morgan fingerprint density at radius 3 is 2.12 bits per heavy atom. The monoisotopic (exact) mass is 380 g/mol. The molecule has 2 aromatic carbocycles. The van der Waals surface area contributed by atoms with Gasteiger partial charge in [0.2, 0.25) is 0 Å². The van der Waals surface area contributed by atoms with E-state index in [-0.39, 0.29) is 34.2 Å². The molecule has 25 heavy (non-hydrogen) atoms. The number of oxime groups is 1. The Hall–Kier alpha value is -2.57. The van der Waals surface area contributed by atoms with Gasteiger partial charge in [0.1, 0.15) is 0 Å². The third-order valence-electron chi connectivity index (χ3n) is 3.36. The molecule has 0 fully saturated rings. The lowest BCUT2D eigenvalue weighted by Crippen LogP contribution is -2.13. The third kappa shape index (κ3) is 4.95. The molecule has 0 heterocycles. The van der Waals surface area contributed by atoms with Gasteiger partial charge in [-0.2, -0.15) is 0 Å². The van der Waals surface area contributed by atoms with E-state index in [1.807, 2.05) is 0 Å². The number of hydrogen-bond acceptors (Lipinski definition) is 4. The van der Waals surface area contributed by atoms with Crippen molar-refractivity contribution in [2.75, 3.05) is 5.32 Å². The minimum absolute atomic E-state index is 0.0900. The minimum atomic E-state index is -0.985. The number of carboxylic acids is 1. The van der Waals surface area contributed by atoms with Gasteiger partial charge in [0.05, 0.1) is 27.7 Å². The molecule has 2 aromatic rings. The standard InChI is InChI=1S/C17H14Cl2N2O4/c18-12-2-1-3-13(19)16(12)17(24)20-11-6-4-10(5-7-11)14(21-25)8-9-15(22)23/h1-7,25H,8-9H2,(H,20,24)(H,22,23)/b21-14+. The molecular formula is C17H14Cl2N2O4. The largest absolute Gasteiger partial charge is 0.481 e. The summed E-state index contributed by atoms with van der Waals surface area (Å²) in [5, 5.41) is 24.0. The van der Waals surface area contributed by atoms with E-state index < -0.39 is 11.9 Å². The van der Waals surface area contributed by atoms with Gasteiger partial charge in [-0.3, -0.25) is 9.59 Å². The summed E-state index contributed by atoms with van der Waals surface area (Å²) >= 11 is 12.0. The predicted molar refractivity (Wildman–Crippen MR) is 96.1 cm³/mol. The van der Waals surface area contributed by atoms with E-state index in [2.05, 4.69) is 10.5 Å². The van der Waals surface area contributed by atoms with Crippen molar-refractivity contribution in [3.8, 4) is 0 Å². The molecule has 6 nitrogen and oxygen atoms in total. The minimum Gasteiger partial charge on any atom is -0.481 e. The number of hydrogen-bond donors (Lipinski definition) is 3. The lowest BCUT2D eigenvalue weighted by molar-refractivity contribution is -0.136. The lowest BCUT2D eigenvalue weighted by atomic mass is 10.1. The number of carbonyl (C=O) groups excluding carboxylic acids is 1. The number of aliphatic carboxylic acids is 1. The van der Waals surface area contributed by atoms with Crippen LogP contribution in [-0.2, 0) is 4.79 Å². The van der Waals surface area contributed by atoms with E-state index in [1.165, 1.54) is 0 Å². The van der Waals surface area contributed by atoms with E-state index in [0.717, 1.165) is 0 Å². The van der Waals surface area contributed by atoms with Crippen molar-refractivity contribution in [2.45, 2.75) is 12.8 Å². The SMILES string of the molecule is O=C(O)CC/C(=N\O)c1ccc(NC(=O)c2c(Cl)cccc2Cl)cc1. The fraction of sp³-hybridized carbons (Fsp3) is 0.118. The van der Waals surface area contributed by atoms with E-state index in [4.69, 9.17) is 33.5 Å². The zero-order valence-corrected chi connectivity index (χ0v) is 14.4. The van der Waals surface area contributed by atoms with Gasteiger partial charge in [0, 0.05) is 12.1 Å². The molecule has 3 N–H and O–H groups in total. The first-order valence-corrected chi connectivity index (χ1v) is 7.96. The number of anilines is 1. The molecular weight excluding hydrogens is 367 g/mol. The van der Waals surface area contributed by atoms with Crippen LogP contribution < -0.4 is 5.32 Å². The fourth-order valence-electron chi connectivity index (χ4n) is 2.13. The number of benzene rings is 2. The lowest BCUT2D eigenvalue weighted by Gasteiger charge is -2.09. The maximum atomic E-state index is 12.3. The number of halogens is 2. The average molecular weight is 381 g/mol. The summed E-state index contributed by atoms with van der Waals surface area (Å²) in [5.41, 5.74) is 1.46. The number of carbonyl (C=O) groups is 2. The highest BCUT2D eigenvalue weighted by molar-refractivity contribution is 6.40. The van der Waals surface area contributed by atoms with Gasteiger partial charge in [-0.25, -0.2) is 0 Å². The molecule has 0 saturated heterocycles. The first kappa shape index (κ1) is 18.8. The maximum absolute atomic E-state index is 12.3. The number of amides is 1. The predicted octanol–water partition coefficient (Wildman–Crippen LogP) is 4.29. The third-order valence-corrected chi connectivity index (χ3v) is 3.99. The zero-order chi connectivity index (χ0) is 18.4. The molecule has 2 rings (SSSR count). The van der Waals surface area contributed by atoms with E-state index in [9.17, 15) is 9.59 Å². The summed E-state index contributed by atoms with van der Waals surface area (Å²) in [6.45, 7) is 0. The average Bonchev–Trinajstić information content (AvgIpc) is 2.56. The Morgan fingerprint density at radius 2 is 1.60 bits per heavy atom. The maximum Gasteiger partial charge on any atom is 0.303 e. The Kier molecular flexibility index (Phi) is 6.38. The second kappa shape index (κ2) is 8.50. The zero-order valence-electron chi connectivity index (χ0n) is 12.9. The van der Waals surface area contributed by atoms with Crippen LogP contribution >= 0.6 is 23.2 Å². The molecule has 0 saturated carbocycles. The van der Waals surface area contributed by atoms with Crippen molar-refractivity contribution in [2.24, 2.45) is 5.16 Å². The second-order valence-corrected chi connectivity index (χ2v) is 5.88. The van der Waals surface area contributed by atoms with Crippen LogP contribution in [0.25, 0.3) is 0 Å². The first-order chi connectivity index (χ1) is 11.9. The Balaban J connectivity index is 2.12. The van der Waals surface area contributed by atoms with Crippen LogP contribution in [0.5, 0.6) is 0 Å². The number of nitrogens with zero attached hydrogens (tertiary/aromatic N) is 1. The molecule has 0 aliphatic carbocycles. The second-order valence-electron chi connectivity index (χ2n) is 5.07. The molecule has 0 spiro atoms. The fourth-order valence-corrected chi connectivity index (χ4v) is 2.70. The van der Waals surface area contributed by atoms with Crippen LogP contribution in [0.4, 0.5) is 5.69 Å². The van der Waals surface area contributed by atoms with Crippen LogP contribution in [0.15, 0.2) is 47.6 Å². The normalized spacial score (nSPS) is 11.2. The summed E-state index contributed by atoms with van der Waals surface area (Å²) < 4.78 is 0. The molecule has 0 aromatic heterocycles. The van der Waals surface area contributed by atoms with Crippen molar-refractivity contribution >= 4 is 46.5 Å². The highest BCUT2D eigenvalue weighted by Gasteiger charge is 2.15. The van der Waals surface area contributed by atoms with Crippen molar-refractivity contribution < 1.29 is 19.9 Å². The molecule has 1 amide bonds. The smallest absolute Gasteiger partial charge is 0.303 e. The summed E-state index contributed by atoms with van der Waals surface area (Å²) in [7, 11) is 0. The van der Waals surface area contributed by atoms with Gasteiger partial charge in [0.25, 0.3) is 5.91 Å². The van der Waals surface area contributed by atoms with E-state index >= 15 is 0 Å². The highest BCUT2D eigenvalue weighted by Crippen LogP contribution is 2.25. The molecule has 0 aliphatic heterocycles. The van der Waals surface area contributed by atoms with Crippen LogP contribution in [0.2, 0.25) is 10.0 Å². The van der Waals surface area contributed by atoms with Gasteiger partial charge in [-0.1, -0.05) is 46.6 Å². The van der Waals surface area contributed by atoms with Crippen molar-refractivity contribution in [1.82, 2.24) is 0 Å². The summed E-state index contributed by atoms with van der Waals surface area (Å²) in [6, 6.07) is 11.2. The van der Waals surface area contributed by atoms with Gasteiger partial charge in [-0.15, -0.1) is 0 Å². The molecule has 0 bridgehead atoms. The number of nitrogens with one attached hydrogen (secondary N) is 1. The topological polar surface area (TPSA) is 99.0 Å². The Labute approximate surface area is 153 Å². The van der Waals surface area contributed by atoms with Crippen LogP contribution in [0.3, 0.4) is 0 Å². The van der Waals surface area contributed by atoms with Crippen LogP contribution in [0, 0.1) is 0 Å². The molecule has 0 unspecified atom stereocenters. The van der Waals surface area contributed by atoms with Gasteiger partial charge in [0.15, 0.2) is 0 Å². The van der Waals surface area contributed by atoms with Crippen LogP contribution in [-0.4, -0.2) is 27.9 Å². The summed E-state index contributed by atoms with van der Waals surface area (Å²) in [6.07, 6.45) is -0.0599. The van der Waals surface area contributed by atoms with Crippen molar-refractivity contribution in [3.63, 3.8) is 0 Å². The van der Waals surface area contributed by atoms with Gasteiger partial charge < -0.3 is 15.6 Å². The highest BCUT2D eigenvalue weighted by atomic mass is 35.5. The van der Waals surface area contributed by atoms with Crippen molar-refractivity contribution in [1.29, 1.82) is 0 Å². The first-order valence-electron chi connectivity index (χ1n) is 7.21. The van der Waals surface area contributed by atoms with Crippen LogP contribution in [0.1, 0.15) is 28.8 Å². The Morgan fingerprint density at radius 1 is 1.00 bits per heavy atom. The van der Waals surface area contributed by atoms with Crippen molar-refractivity contribution in [3.05, 3.63) is 63.6 Å². The van der Waals surface area contributed by atoms with E-state index in [1.54, 1.807) is 42.5 Å². The molecule has 130 valence electrons. The van der Waals surface area contributed by atoms with Gasteiger partial charge >= 0.3 is 5.97 Å². The number of carboxylic acid groups (broad SMARTS) is 1. The molecule has 0 aliphatic rings.